The maximum Gasteiger partial charge on any atom is 0.246 e. The van der Waals surface area contributed by atoms with E-state index in [0.717, 1.165) is 22.5 Å². The number of likely N-dealkylation sites (N-methyl/N-ethyl adjacent to an activating group) is 1. The van der Waals surface area contributed by atoms with Gasteiger partial charge in [0, 0.05) is 17.9 Å². The lowest BCUT2D eigenvalue weighted by atomic mass is 10.1. The van der Waals surface area contributed by atoms with Gasteiger partial charge in [-0.3, -0.25) is 4.79 Å². The van der Waals surface area contributed by atoms with Gasteiger partial charge < -0.3 is 10.2 Å². The van der Waals surface area contributed by atoms with E-state index in [4.69, 9.17) is 0 Å². The van der Waals surface area contributed by atoms with E-state index < -0.39 is 0 Å². The largest absolute Gasteiger partial charge is 0.376 e. The number of nitrogens with zero attached hydrogens (tertiary/aromatic N) is 1. The van der Waals surface area contributed by atoms with Crippen molar-refractivity contribution in [1.29, 1.82) is 0 Å². The van der Waals surface area contributed by atoms with Crippen LogP contribution in [0.2, 0.25) is 0 Å². The van der Waals surface area contributed by atoms with Gasteiger partial charge in [0.1, 0.15) is 0 Å². The number of rotatable bonds is 5. The lowest BCUT2D eigenvalue weighted by molar-refractivity contribution is -0.116. The summed E-state index contributed by atoms with van der Waals surface area (Å²) in [5, 5.41) is 3.25. The van der Waals surface area contributed by atoms with Crippen molar-refractivity contribution in [2.45, 2.75) is 27.7 Å². The minimum Gasteiger partial charge on any atom is -0.376 e. The Morgan fingerprint density at radius 1 is 1.05 bits per heavy atom. The number of carbonyl (C=O) groups is 1. The van der Waals surface area contributed by atoms with Crippen LogP contribution < -0.4 is 10.2 Å². The van der Waals surface area contributed by atoms with Crippen molar-refractivity contribution in [2.75, 3.05) is 23.3 Å². The first-order valence-electron chi connectivity index (χ1n) is 7.69. The number of amides is 1. The lowest BCUT2D eigenvalue weighted by Gasteiger charge is -2.22. The Labute approximate surface area is 133 Å². The van der Waals surface area contributed by atoms with Gasteiger partial charge in [0.25, 0.3) is 0 Å². The van der Waals surface area contributed by atoms with Gasteiger partial charge in [0.15, 0.2) is 0 Å². The maximum atomic E-state index is 12.5. The zero-order valence-corrected chi connectivity index (χ0v) is 13.8. The van der Waals surface area contributed by atoms with Crippen LogP contribution >= 0.6 is 0 Å². The van der Waals surface area contributed by atoms with Crippen LogP contribution in [-0.4, -0.2) is 19.0 Å². The summed E-state index contributed by atoms with van der Waals surface area (Å²) in [7, 11) is 0. The number of benzene rings is 2. The average molecular weight is 296 g/mol. The molecule has 1 amide bonds. The summed E-state index contributed by atoms with van der Waals surface area (Å²) in [6, 6.07) is 14.2. The molecule has 0 aliphatic rings. The van der Waals surface area contributed by atoms with Gasteiger partial charge in [-0.2, -0.15) is 0 Å². The van der Waals surface area contributed by atoms with Gasteiger partial charge in [-0.15, -0.1) is 0 Å². The Kier molecular flexibility index (Phi) is 5.21. The van der Waals surface area contributed by atoms with E-state index in [9.17, 15) is 4.79 Å². The number of hydrogen-bond acceptors (Lipinski definition) is 2. The van der Waals surface area contributed by atoms with E-state index in [2.05, 4.69) is 31.3 Å². The van der Waals surface area contributed by atoms with E-state index in [0.29, 0.717) is 13.1 Å². The second-order valence-corrected chi connectivity index (χ2v) is 5.65. The molecule has 0 spiro atoms. The summed E-state index contributed by atoms with van der Waals surface area (Å²) >= 11 is 0. The van der Waals surface area contributed by atoms with Gasteiger partial charge in [0.2, 0.25) is 5.91 Å². The summed E-state index contributed by atoms with van der Waals surface area (Å²) in [5.74, 6) is 0.0769. The minimum absolute atomic E-state index is 0.0769. The minimum atomic E-state index is 0.0769. The fraction of sp³-hybridized carbons (Fsp3) is 0.316. The van der Waals surface area contributed by atoms with E-state index in [1.165, 1.54) is 5.56 Å². The molecular formula is C19H24N2O. The van der Waals surface area contributed by atoms with Crippen molar-refractivity contribution in [1.82, 2.24) is 0 Å². The Hall–Kier alpha value is -2.29. The molecule has 3 nitrogen and oxygen atoms in total. The van der Waals surface area contributed by atoms with Crippen LogP contribution in [0.1, 0.15) is 23.6 Å². The molecule has 0 radical (unpaired) electrons. The highest BCUT2D eigenvalue weighted by atomic mass is 16.2. The second-order valence-electron chi connectivity index (χ2n) is 5.65. The number of hydrogen-bond donors (Lipinski definition) is 1. The molecule has 0 saturated heterocycles. The summed E-state index contributed by atoms with van der Waals surface area (Å²) in [6.07, 6.45) is 0. The summed E-state index contributed by atoms with van der Waals surface area (Å²) < 4.78 is 0. The topological polar surface area (TPSA) is 32.3 Å². The SMILES string of the molecule is CCN(C(=O)CNc1ccc(C)cc1C)c1cccc(C)c1. The summed E-state index contributed by atoms with van der Waals surface area (Å²) in [6.45, 7) is 9.12. The fourth-order valence-electron chi connectivity index (χ4n) is 2.58. The van der Waals surface area contributed by atoms with Gasteiger partial charge in [-0.05, 0) is 57.0 Å². The van der Waals surface area contributed by atoms with E-state index >= 15 is 0 Å². The molecule has 0 atom stereocenters. The Morgan fingerprint density at radius 3 is 2.41 bits per heavy atom. The zero-order valence-electron chi connectivity index (χ0n) is 13.8. The average Bonchev–Trinajstić information content (AvgIpc) is 2.47. The Bertz CT molecular complexity index is 664. The molecule has 2 rings (SSSR count). The van der Waals surface area contributed by atoms with Crippen molar-refractivity contribution < 1.29 is 4.79 Å². The van der Waals surface area contributed by atoms with Crippen LogP contribution in [0.25, 0.3) is 0 Å². The van der Waals surface area contributed by atoms with E-state index in [1.54, 1.807) is 0 Å². The third kappa shape index (κ3) is 3.88. The fourth-order valence-corrected chi connectivity index (χ4v) is 2.58. The monoisotopic (exact) mass is 296 g/mol. The first kappa shape index (κ1) is 16.1. The van der Waals surface area contributed by atoms with Crippen LogP contribution in [0.4, 0.5) is 11.4 Å². The molecule has 0 aliphatic carbocycles. The van der Waals surface area contributed by atoms with Crippen molar-refractivity contribution in [3.8, 4) is 0 Å². The number of carbonyl (C=O) groups excluding carboxylic acids is 1. The van der Waals surface area contributed by atoms with Crippen molar-refractivity contribution in [3.05, 3.63) is 59.2 Å². The molecule has 0 heterocycles. The van der Waals surface area contributed by atoms with Gasteiger partial charge in [-0.1, -0.05) is 29.8 Å². The number of anilines is 2. The van der Waals surface area contributed by atoms with Gasteiger partial charge >= 0.3 is 0 Å². The Morgan fingerprint density at radius 2 is 1.77 bits per heavy atom. The molecule has 0 aliphatic heterocycles. The maximum absolute atomic E-state index is 12.5. The van der Waals surface area contributed by atoms with Crippen LogP contribution in [0.15, 0.2) is 42.5 Å². The predicted molar refractivity (Wildman–Crippen MR) is 93.6 cm³/mol. The number of nitrogens with one attached hydrogen (secondary N) is 1. The third-order valence-corrected chi connectivity index (χ3v) is 3.74. The van der Waals surface area contributed by atoms with E-state index in [1.807, 2.05) is 49.1 Å². The molecule has 0 aromatic heterocycles. The zero-order chi connectivity index (χ0) is 16.1. The highest BCUT2D eigenvalue weighted by molar-refractivity contribution is 5.96. The standard InChI is InChI=1S/C19H24N2O/c1-5-21(17-8-6-7-14(2)12-17)19(22)13-20-18-10-9-15(3)11-16(18)4/h6-12,20H,5,13H2,1-4H3. The molecule has 0 fully saturated rings. The predicted octanol–water partition coefficient (Wildman–Crippen LogP) is 4.08. The van der Waals surface area contributed by atoms with Crippen LogP contribution in [-0.2, 0) is 4.79 Å². The van der Waals surface area contributed by atoms with Crippen LogP contribution in [0, 0.1) is 20.8 Å². The normalized spacial score (nSPS) is 10.4. The number of aryl methyl sites for hydroxylation is 3. The quantitative estimate of drug-likeness (QED) is 0.901. The molecule has 0 bridgehead atoms. The molecule has 3 heteroatoms. The van der Waals surface area contributed by atoms with E-state index in [-0.39, 0.29) is 5.91 Å². The van der Waals surface area contributed by atoms with Crippen molar-refractivity contribution in [2.24, 2.45) is 0 Å². The molecular weight excluding hydrogens is 272 g/mol. The first-order valence-corrected chi connectivity index (χ1v) is 7.69. The molecule has 2 aromatic rings. The van der Waals surface area contributed by atoms with Gasteiger partial charge in [0.05, 0.1) is 6.54 Å². The Balaban J connectivity index is 2.06. The molecule has 0 unspecified atom stereocenters. The first-order chi connectivity index (χ1) is 10.5. The van der Waals surface area contributed by atoms with Crippen molar-refractivity contribution in [3.63, 3.8) is 0 Å². The van der Waals surface area contributed by atoms with Crippen LogP contribution in [0.3, 0.4) is 0 Å². The highest BCUT2D eigenvalue weighted by Crippen LogP contribution is 2.18. The molecule has 2 aromatic carbocycles. The highest BCUT2D eigenvalue weighted by Gasteiger charge is 2.14. The molecule has 1 N–H and O–H groups in total. The summed E-state index contributed by atoms with van der Waals surface area (Å²) in [5.41, 5.74) is 5.51. The van der Waals surface area contributed by atoms with Crippen LogP contribution in [0.5, 0.6) is 0 Å². The molecule has 22 heavy (non-hydrogen) atoms. The summed E-state index contributed by atoms with van der Waals surface area (Å²) in [4.78, 5) is 14.3. The second kappa shape index (κ2) is 7.12. The molecule has 116 valence electrons. The van der Waals surface area contributed by atoms with Gasteiger partial charge in [-0.25, -0.2) is 0 Å². The van der Waals surface area contributed by atoms with Crippen molar-refractivity contribution >= 4 is 17.3 Å². The lowest BCUT2D eigenvalue weighted by Crippen LogP contribution is -2.35. The smallest absolute Gasteiger partial charge is 0.246 e. The third-order valence-electron chi connectivity index (χ3n) is 3.74. The molecule has 0 saturated carbocycles.